The van der Waals surface area contributed by atoms with E-state index in [1.807, 2.05) is 25.1 Å². The number of fused-ring (bicyclic) bond motifs is 1. The highest BCUT2D eigenvalue weighted by atomic mass is 35.5. The van der Waals surface area contributed by atoms with E-state index in [1.165, 1.54) is 24.0 Å². The molecule has 0 atom stereocenters. The molecule has 126 valence electrons. The van der Waals surface area contributed by atoms with Crippen molar-refractivity contribution in [3.63, 3.8) is 0 Å². The van der Waals surface area contributed by atoms with Gasteiger partial charge in [-0.15, -0.1) is 0 Å². The zero-order valence-electron chi connectivity index (χ0n) is 14.0. The molecule has 1 N–H and O–H groups in total. The fraction of sp³-hybridized carbons (Fsp3) is 0.238. The van der Waals surface area contributed by atoms with Gasteiger partial charge in [0.25, 0.3) is 5.43 Å². The summed E-state index contributed by atoms with van der Waals surface area (Å²) in [5.74, 6) is 0. The largest absolute Gasteiger partial charge is 0.351 e. The molecule has 0 aromatic heterocycles. The lowest BCUT2D eigenvalue weighted by Gasteiger charge is -2.19. The molecule has 0 amide bonds. The summed E-state index contributed by atoms with van der Waals surface area (Å²) in [6.45, 7) is 1.88. The summed E-state index contributed by atoms with van der Waals surface area (Å²) < 4.78 is 0. The molecule has 0 heterocycles. The number of anilines is 2. The molecule has 0 unspecified atom stereocenters. The molecule has 0 fully saturated rings. The summed E-state index contributed by atoms with van der Waals surface area (Å²) in [7, 11) is 0. The lowest BCUT2D eigenvalue weighted by atomic mass is 9.88. The van der Waals surface area contributed by atoms with Gasteiger partial charge in [-0.2, -0.15) is 0 Å². The highest BCUT2D eigenvalue weighted by Crippen LogP contribution is 2.32. The first kappa shape index (κ1) is 16.1. The second-order valence-electron chi connectivity index (χ2n) is 6.64. The van der Waals surface area contributed by atoms with Gasteiger partial charge in [0.15, 0.2) is 0 Å². The molecular weight excluding hydrogens is 334 g/mol. The van der Waals surface area contributed by atoms with Crippen LogP contribution < -0.4 is 16.2 Å². The first-order valence-corrected chi connectivity index (χ1v) is 8.91. The quantitative estimate of drug-likeness (QED) is 0.705. The molecule has 0 bridgehead atoms. The third-order valence-electron chi connectivity index (χ3n) is 5.07. The first-order chi connectivity index (χ1) is 12.1. The summed E-state index contributed by atoms with van der Waals surface area (Å²) in [6, 6.07) is 11.6. The number of halogens is 1. The number of hydrogen-bond acceptors (Lipinski definition) is 3. The topological polar surface area (TPSA) is 46.2 Å². The van der Waals surface area contributed by atoms with Crippen molar-refractivity contribution in [1.29, 1.82) is 0 Å². The van der Waals surface area contributed by atoms with Gasteiger partial charge in [-0.1, -0.05) is 35.9 Å². The Balaban J connectivity index is 1.75. The molecule has 0 radical (unpaired) electrons. The summed E-state index contributed by atoms with van der Waals surface area (Å²) in [5.41, 5.74) is 5.05. The number of aryl methyl sites for hydroxylation is 2. The van der Waals surface area contributed by atoms with Crippen molar-refractivity contribution >= 4 is 23.0 Å². The number of rotatable bonds is 3. The molecular formula is C21H18ClNO2. The minimum absolute atomic E-state index is 0.367. The van der Waals surface area contributed by atoms with E-state index in [1.54, 1.807) is 6.07 Å². The van der Waals surface area contributed by atoms with Gasteiger partial charge in [0.2, 0.25) is 5.43 Å². The van der Waals surface area contributed by atoms with Crippen molar-refractivity contribution in [2.45, 2.75) is 32.6 Å². The van der Waals surface area contributed by atoms with Gasteiger partial charge in [-0.05, 0) is 67.0 Å². The van der Waals surface area contributed by atoms with Gasteiger partial charge in [0.1, 0.15) is 5.69 Å². The average Bonchev–Trinajstić information content (AvgIpc) is 2.64. The van der Waals surface area contributed by atoms with Crippen LogP contribution in [0.1, 0.15) is 29.5 Å². The molecule has 0 saturated carbocycles. The molecule has 1 aliphatic carbocycles. The highest BCUT2D eigenvalue weighted by molar-refractivity contribution is 6.31. The zero-order valence-corrected chi connectivity index (χ0v) is 14.7. The Morgan fingerprint density at radius 1 is 0.960 bits per heavy atom. The van der Waals surface area contributed by atoms with E-state index >= 15 is 0 Å². The molecule has 3 aromatic rings. The van der Waals surface area contributed by atoms with E-state index in [9.17, 15) is 9.59 Å². The number of nitrogens with one attached hydrogen (secondary N) is 1. The van der Waals surface area contributed by atoms with Crippen LogP contribution in [0.5, 0.6) is 0 Å². The van der Waals surface area contributed by atoms with Crippen molar-refractivity contribution in [1.82, 2.24) is 0 Å². The van der Waals surface area contributed by atoms with E-state index in [0.29, 0.717) is 16.3 Å². The highest BCUT2D eigenvalue weighted by Gasteiger charge is 2.24. The zero-order chi connectivity index (χ0) is 17.6. The molecule has 1 aliphatic rings. The van der Waals surface area contributed by atoms with Gasteiger partial charge in [0, 0.05) is 10.7 Å². The van der Waals surface area contributed by atoms with Gasteiger partial charge < -0.3 is 5.32 Å². The average molecular weight is 352 g/mol. The van der Waals surface area contributed by atoms with Crippen LogP contribution in [0.2, 0.25) is 5.02 Å². The normalized spacial score (nSPS) is 13.7. The molecule has 4 rings (SSSR count). The summed E-state index contributed by atoms with van der Waals surface area (Å²) in [4.78, 5) is 24.3. The second kappa shape index (κ2) is 6.16. The van der Waals surface area contributed by atoms with Crippen LogP contribution in [0, 0.1) is 6.92 Å². The molecule has 3 nitrogen and oxygen atoms in total. The van der Waals surface area contributed by atoms with Crippen LogP contribution in [0.3, 0.4) is 0 Å². The van der Waals surface area contributed by atoms with E-state index in [4.69, 9.17) is 11.6 Å². The Hall–Kier alpha value is -2.39. The Labute approximate surface area is 151 Å². The van der Waals surface area contributed by atoms with Crippen molar-refractivity contribution in [2.24, 2.45) is 0 Å². The Morgan fingerprint density at radius 3 is 2.52 bits per heavy atom. The van der Waals surface area contributed by atoms with Crippen LogP contribution in [-0.2, 0) is 12.8 Å². The van der Waals surface area contributed by atoms with Gasteiger partial charge in [-0.25, -0.2) is 0 Å². The molecule has 0 saturated heterocycles. The van der Waals surface area contributed by atoms with Crippen LogP contribution in [0.4, 0.5) is 11.4 Å². The van der Waals surface area contributed by atoms with E-state index < -0.39 is 10.9 Å². The standard InChI is InChI=1S/C21H18ClNO2/c1-12-16(22)7-4-8-17(12)23-19-18(20(24)21(19)25)15-10-9-13-5-2-3-6-14(13)11-15/h4,7-11,23H,2-3,5-6H2,1H3. The lowest BCUT2D eigenvalue weighted by molar-refractivity contribution is 0.686. The molecule has 3 aromatic carbocycles. The van der Waals surface area contributed by atoms with Crippen LogP contribution in [0.25, 0.3) is 11.1 Å². The van der Waals surface area contributed by atoms with Gasteiger partial charge in [0.05, 0.1) is 5.56 Å². The lowest BCUT2D eigenvalue weighted by Crippen LogP contribution is -2.35. The SMILES string of the molecule is Cc1c(Cl)cccc1Nc1c(-c2ccc3c(c2)CCCC3)c(=O)c1=O. The van der Waals surface area contributed by atoms with Crippen molar-refractivity contribution < 1.29 is 0 Å². The monoisotopic (exact) mass is 351 g/mol. The summed E-state index contributed by atoms with van der Waals surface area (Å²) in [5, 5.41) is 3.75. The van der Waals surface area contributed by atoms with E-state index in [-0.39, 0.29) is 0 Å². The second-order valence-corrected chi connectivity index (χ2v) is 7.04. The molecule has 25 heavy (non-hydrogen) atoms. The van der Waals surface area contributed by atoms with Crippen LogP contribution in [0.15, 0.2) is 46.0 Å². The Morgan fingerprint density at radius 2 is 1.72 bits per heavy atom. The summed E-state index contributed by atoms with van der Waals surface area (Å²) in [6.07, 6.45) is 4.52. The maximum absolute atomic E-state index is 12.2. The predicted octanol–water partition coefficient (Wildman–Crippen LogP) is 4.53. The maximum Gasteiger partial charge on any atom is 0.250 e. The summed E-state index contributed by atoms with van der Waals surface area (Å²) >= 11 is 6.15. The first-order valence-electron chi connectivity index (χ1n) is 8.54. The third kappa shape index (κ3) is 2.69. The third-order valence-corrected chi connectivity index (χ3v) is 5.48. The van der Waals surface area contributed by atoms with E-state index in [0.717, 1.165) is 29.7 Å². The number of hydrogen-bond donors (Lipinski definition) is 1. The van der Waals surface area contributed by atoms with Crippen LogP contribution in [-0.4, -0.2) is 0 Å². The maximum atomic E-state index is 12.2. The number of benzene rings is 2. The fourth-order valence-corrected chi connectivity index (χ4v) is 3.73. The van der Waals surface area contributed by atoms with E-state index in [2.05, 4.69) is 17.4 Å². The van der Waals surface area contributed by atoms with Gasteiger partial charge >= 0.3 is 0 Å². The van der Waals surface area contributed by atoms with Crippen molar-refractivity contribution in [3.05, 3.63) is 78.6 Å². The molecule has 0 spiro atoms. The van der Waals surface area contributed by atoms with Crippen molar-refractivity contribution in [3.8, 4) is 11.1 Å². The Kier molecular flexibility index (Phi) is 3.97. The predicted molar refractivity (Wildman–Crippen MR) is 103 cm³/mol. The minimum atomic E-state index is -0.466. The molecule has 0 aliphatic heterocycles. The fourth-order valence-electron chi connectivity index (χ4n) is 3.55. The smallest absolute Gasteiger partial charge is 0.250 e. The van der Waals surface area contributed by atoms with Crippen LogP contribution >= 0.6 is 11.6 Å². The van der Waals surface area contributed by atoms with Gasteiger partial charge in [-0.3, -0.25) is 9.59 Å². The Bertz CT molecular complexity index is 1040. The molecule has 4 heteroatoms. The minimum Gasteiger partial charge on any atom is -0.351 e. The van der Waals surface area contributed by atoms with Crippen molar-refractivity contribution in [2.75, 3.05) is 5.32 Å².